The third-order valence-corrected chi connectivity index (χ3v) is 4.16. The van der Waals surface area contributed by atoms with Gasteiger partial charge in [-0.3, -0.25) is 0 Å². The van der Waals surface area contributed by atoms with E-state index in [9.17, 15) is 0 Å². The summed E-state index contributed by atoms with van der Waals surface area (Å²) in [5.41, 5.74) is 0. The Kier molecular flexibility index (Phi) is 4.04. The molecule has 15 heavy (non-hydrogen) atoms. The fourth-order valence-electron chi connectivity index (χ4n) is 3.15. The second-order valence-electron chi connectivity index (χ2n) is 5.53. The molecule has 2 saturated heterocycles. The Labute approximate surface area is 94.4 Å². The van der Waals surface area contributed by atoms with Gasteiger partial charge in [0.25, 0.3) is 0 Å². The molecule has 2 fully saturated rings. The molecule has 0 saturated carbocycles. The molecule has 0 aromatic rings. The van der Waals surface area contributed by atoms with Crippen LogP contribution in [0.3, 0.4) is 0 Å². The smallest absolute Gasteiger partial charge is 0.00794 e. The molecule has 2 aliphatic heterocycles. The molecular weight excluding hydrogens is 184 g/mol. The van der Waals surface area contributed by atoms with Crippen molar-refractivity contribution in [2.75, 3.05) is 26.2 Å². The van der Waals surface area contributed by atoms with E-state index in [2.05, 4.69) is 24.1 Å². The molecule has 2 bridgehead atoms. The van der Waals surface area contributed by atoms with E-state index in [4.69, 9.17) is 0 Å². The zero-order chi connectivity index (χ0) is 10.7. The van der Waals surface area contributed by atoms with Gasteiger partial charge in [-0.15, -0.1) is 0 Å². The predicted octanol–water partition coefficient (Wildman–Crippen LogP) is 2.11. The molecule has 0 aromatic heterocycles. The molecule has 2 heterocycles. The van der Waals surface area contributed by atoms with Crippen LogP contribution < -0.4 is 5.32 Å². The van der Waals surface area contributed by atoms with Crippen molar-refractivity contribution < 1.29 is 0 Å². The van der Waals surface area contributed by atoms with E-state index in [1.165, 1.54) is 51.9 Å². The van der Waals surface area contributed by atoms with Crippen molar-refractivity contribution in [3.63, 3.8) is 0 Å². The van der Waals surface area contributed by atoms with Crippen molar-refractivity contribution in [2.24, 2.45) is 11.8 Å². The second-order valence-corrected chi connectivity index (χ2v) is 5.53. The molecule has 2 nitrogen and oxygen atoms in total. The summed E-state index contributed by atoms with van der Waals surface area (Å²) in [6.07, 6.45) is 5.62. The zero-order valence-corrected chi connectivity index (χ0v) is 10.3. The fourth-order valence-corrected chi connectivity index (χ4v) is 3.15. The minimum Gasteiger partial charge on any atom is -0.314 e. The van der Waals surface area contributed by atoms with E-state index in [0.29, 0.717) is 0 Å². The van der Waals surface area contributed by atoms with Gasteiger partial charge in [-0.05, 0) is 44.7 Å². The largest absolute Gasteiger partial charge is 0.314 e. The Bertz CT molecular complexity index is 193. The second kappa shape index (κ2) is 5.31. The van der Waals surface area contributed by atoms with Gasteiger partial charge >= 0.3 is 0 Å². The van der Waals surface area contributed by atoms with Crippen molar-refractivity contribution in [1.29, 1.82) is 0 Å². The third kappa shape index (κ3) is 2.94. The molecule has 3 atom stereocenters. The summed E-state index contributed by atoms with van der Waals surface area (Å²) >= 11 is 0. The van der Waals surface area contributed by atoms with E-state index in [0.717, 1.165) is 17.9 Å². The van der Waals surface area contributed by atoms with Crippen LogP contribution in [-0.2, 0) is 0 Å². The molecule has 0 amide bonds. The van der Waals surface area contributed by atoms with Gasteiger partial charge in [-0.25, -0.2) is 0 Å². The lowest BCUT2D eigenvalue weighted by Gasteiger charge is -2.45. The van der Waals surface area contributed by atoms with Crippen molar-refractivity contribution >= 4 is 0 Å². The SMILES string of the molecule is CCCCCN1C[C@@H]2CN[C@@H](C)[C@@H](C2)C1. The van der Waals surface area contributed by atoms with Crippen LogP contribution in [0.15, 0.2) is 0 Å². The number of rotatable bonds is 4. The third-order valence-electron chi connectivity index (χ3n) is 4.16. The molecule has 88 valence electrons. The number of hydrogen-bond acceptors (Lipinski definition) is 2. The van der Waals surface area contributed by atoms with Gasteiger partial charge in [0.1, 0.15) is 0 Å². The van der Waals surface area contributed by atoms with Crippen LogP contribution in [-0.4, -0.2) is 37.1 Å². The monoisotopic (exact) mass is 210 g/mol. The first-order valence-electron chi connectivity index (χ1n) is 6.75. The van der Waals surface area contributed by atoms with E-state index in [1.807, 2.05) is 0 Å². The molecule has 2 heteroatoms. The maximum atomic E-state index is 3.65. The Morgan fingerprint density at radius 1 is 1.27 bits per heavy atom. The van der Waals surface area contributed by atoms with E-state index >= 15 is 0 Å². The zero-order valence-electron chi connectivity index (χ0n) is 10.3. The Hall–Kier alpha value is -0.0800. The topological polar surface area (TPSA) is 15.3 Å². The van der Waals surface area contributed by atoms with E-state index in [1.54, 1.807) is 0 Å². The van der Waals surface area contributed by atoms with Crippen molar-refractivity contribution in [3.8, 4) is 0 Å². The van der Waals surface area contributed by atoms with E-state index < -0.39 is 0 Å². The lowest BCUT2D eigenvalue weighted by Crippen LogP contribution is -2.55. The van der Waals surface area contributed by atoms with Crippen LogP contribution in [0.2, 0.25) is 0 Å². The first-order valence-corrected chi connectivity index (χ1v) is 6.75. The molecule has 0 aromatic carbocycles. The van der Waals surface area contributed by atoms with Crippen molar-refractivity contribution in [1.82, 2.24) is 10.2 Å². The quantitative estimate of drug-likeness (QED) is 0.715. The lowest BCUT2D eigenvalue weighted by molar-refractivity contribution is 0.0720. The van der Waals surface area contributed by atoms with Gasteiger partial charge in [0.15, 0.2) is 0 Å². The van der Waals surface area contributed by atoms with Gasteiger partial charge in [0.2, 0.25) is 0 Å². The highest BCUT2D eigenvalue weighted by Crippen LogP contribution is 2.28. The van der Waals surface area contributed by atoms with Gasteiger partial charge in [0.05, 0.1) is 0 Å². The molecule has 2 rings (SSSR count). The number of likely N-dealkylation sites (tertiary alicyclic amines) is 1. The maximum absolute atomic E-state index is 3.65. The summed E-state index contributed by atoms with van der Waals surface area (Å²) < 4.78 is 0. The summed E-state index contributed by atoms with van der Waals surface area (Å²) in [4.78, 5) is 2.71. The van der Waals surface area contributed by atoms with Crippen LogP contribution >= 0.6 is 0 Å². The highest BCUT2D eigenvalue weighted by molar-refractivity contribution is 4.90. The van der Waals surface area contributed by atoms with Crippen molar-refractivity contribution in [3.05, 3.63) is 0 Å². The molecule has 0 unspecified atom stereocenters. The van der Waals surface area contributed by atoms with Crippen LogP contribution in [0.5, 0.6) is 0 Å². The summed E-state index contributed by atoms with van der Waals surface area (Å²) in [6, 6.07) is 0.746. The number of unbranched alkanes of at least 4 members (excludes halogenated alkanes) is 2. The van der Waals surface area contributed by atoms with Gasteiger partial charge in [-0.1, -0.05) is 19.8 Å². The maximum Gasteiger partial charge on any atom is 0.00794 e. The normalized spacial score (nSPS) is 36.8. The van der Waals surface area contributed by atoms with E-state index in [-0.39, 0.29) is 0 Å². The molecule has 1 N–H and O–H groups in total. The molecule has 0 radical (unpaired) electrons. The van der Waals surface area contributed by atoms with Crippen LogP contribution in [0, 0.1) is 11.8 Å². The first-order chi connectivity index (χ1) is 7.29. The number of hydrogen-bond donors (Lipinski definition) is 1. The summed E-state index contributed by atoms with van der Waals surface area (Å²) in [5, 5.41) is 3.65. The number of fused-ring (bicyclic) bond motifs is 2. The molecule has 2 aliphatic rings. The van der Waals surface area contributed by atoms with Gasteiger partial charge < -0.3 is 10.2 Å². The highest BCUT2D eigenvalue weighted by Gasteiger charge is 2.33. The Morgan fingerprint density at radius 3 is 2.93 bits per heavy atom. The average molecular weight is 210 g/mol. The van der Waals surface area contributed by atoms with Gasteiger partial charge in [0, 0.05) is 19.1 Å². The first kappa shape index (κ1) is 11.4. The Balaban J connectivity index is 1.78. The standard InChI is InChI=1S/C13H26N2/c1-3-4-5-6-15-9-12-7-13(10-15)11(2)14-8-12/h11-14H,3-10H2,1-2H3/t11-,12-,13-/m0/s1. The number of nitrogens with one attached hydrogen (secondary N) is 1. The molecule has 0 spiro atoms. The highest BCUT2D eigenvalue weighted by atomic mass is 15.2. The average Bonchev–Trinajstić information content (AvgIpc) is 2.24. The van der Waals surface area contributed by atoms with Crippen LogP contribution in [0.25, 0.3) is 0 Å². The number of piperidine rings is 2. The summed E-state index contributed by atoms with van der Waals surface area (Å²) in [5.74, 6) is 1.85. The lowest BCUT2D eigenvalue weighted by atomic mass is 9.81. The minimum absolute atomic E-state index is 0.746. The summed E-state index contributed by atoms with van der Waals surface area (Å²) in [7, 11) is 0. The molecular formula is C13H26N2. The van der Waals surface area contributed by atoms with Crippen LogP contribution in [0.1, 0.15) is 39.5 Å². The van der Waals surface area contributed by atoms with Crippen molar-refractivity contribution in [2.45, 2.75) is 45.6 Å². The minimum atomic E-state index is 0.746. The summed E-state index contributed by atoms with van der Waals surface area (Å²) in [6.45, 7) is 9.93. The molecule has 0 aliphatic carbocycles. The van der Waals surface area contributed by atoms with Crippen LogP contribution in [0.4, 0.5) is 0 Å². The predicted molar refractivity (Wildman–Crippen MR) is 65.0 cm³/mol. The number of nitrogens with zero attached hydrogens (tertiary/aromatic N) is 1. The fraction of sp³-hybridized carbons (Fsp3) is 1.00. The Morgan fingerprint density at radius 2 is 2.13 bits per heavy atom. The van der Waals surface area contributed by atoms with Gasteiger partial charge in [-0.2, -0.15) is 0 Å².